The first-order valence-electron chi connectivity index (χ1n) is 10.3. The smallest absolute Gasteiger partial charge is 0.228 e. The quantitative estimate of drug-likeness (QED) is 0.710. The van der Waals surface area contributed by atoms with E-state index in [0.29, 0.717) is 26.1 Å². The lowest BCUT2D eigenvalue weighted by Gasteiger charge is -2.27. The van der Waals surface area contributed by atoms with Gasteiger partial charge in [0.25, 0.3) is 0 Å². The molecule has 2 saturated heterocycles. The van der Waals surface area contributed by atoms with Crippen LogP contribution in [0.1, 0.15) is 24.0 Å². The maximum Gasteiger partial charge on any atom is 0.228 e. The maximum absolute atomic E-state index is 13.4. The Kier molecular flexibility index (Phi) is 5.90. The van der Waals surface area contributed by atoms with Crippen LogP contribution in [0.2, 0.25) is 0 Å². The molecule has 0 bridgehead atoms. The molecule has 7 heteroatoms. The molecule has 2 aliphatic rings. The molecular weight excluding hydrogens is 400 g/mol. The van der Waals surface area contributed by atoms with Gasteiger partial charge in [-0.05, 0) is 17.5 Å². The van der Waals surface area contributed by atoms with Gasteiger partial charge in [-0.25, -0.2) is 8.42 Å². The molecule has 2 aromatic rings. The van der Waals surface area contributed by atoms with E-state index in [2.05, 4.69) is 0 Å². The molecule has 0 aromatic heterocycles. The average Bonchev–Trinajstić information content (AvgIpc) is 3.30. The number of rotatable bonds is 6. The standard InChI is InChI=1S/C23H26N2O4S/c26-22-13-20(16-25(22)21-11-12-30(28,29)17-21)23(27)24(14-18-7-3-1-4-8-18)15-19-9-5-2-6-10-19/h1-10,20-21H,11-17H2/t20-,21+/m0/s1. The normalized spacial score (nSPS) is 22.9. The van der Waals surface area contributed by atoms with Crippen molar-refractivity contribution in [1.82, 2.24) is 9.80 Å². The first-order chi connectivity index (χ1) is 14.4. The first-order valence-corrected chi connectivity index (χ1v) is 12.1. The van der Waals surface area contributed by atoms with Gasteiger partial charge in [-0.2, -0.15) is 0 Å². The summed E-state index contributed by atoms with van der Waals surface area (Å²) in [5.41, 5.74) is 2.06. The van der Waals surface area contributed by atoms with E-state index < -0.39 is 15.8 Å². The van der Waals surface area contributed by atoms with Crippen molar-refractivity contribution in [2.24, 2.45) is 5.92 Å². The fraction of sp³-hybridized carbons (Fsp3) is 0.391. The van der Waals surface area contributed by atoms with Crippen LogP contribution in [0.4, 0.5) is 0 Å². The van der Waals surface area contributed by atoms with Gasteiger partial charge in [0, 0.05) is 32.1 Å². The summed E-state index contributed by atoms with van der Waals surface area (Å²) in [4.78, 5) is 29.4. The Hall–Kier alpha value is -2.67. The Labute approximate surface area is 177 Å². The molecule has 158 valence electrons. The summed E-state index contributed by atoms with van der Waals surface area (Å²) in [6, 6.07) is 19.3. The van der Waals surface area contributed by atoms with Crippen LogP contribution in [-0.2, 0) is 32.5 Å². The van der Waals surface area contributed by atoms with Crippen molar-refractivity contribution in [2.45, 2.75) is 32.0 Å². The van der Waals surface area contributed by atoms with Gasteiger partial charge < -0.3 is 9.80 Å². The summed E-state index contributed by atoms with van der Waals surface area (Å²) in [5.74, 6) is -0.478. The molecule has 0 radical (unpaired) electrons. The van der Waals surface area contributed by atoms with E-state index in [1.165, 1.54) is 0 Å². The number of amides is 2. The largest absolute Gasteiger partial charge is 0.338 e. The molecule has 2 fully saturated rings. The molecule has 2 heterocycles. The molecule has 2 aliphatic heterocycles. The second-order valence-corrected chi connectivity index (χ2v) is 10.4. The van der Waals surface area contributed by atoms with Crippen LogP contribution in [0.15, 0.2) is 60.7 Å². The highest BCUT2D eigenvalue weighted by Gasteiger charge is 2.42. The Morgan fingerprint density at radius 2 is 1.53 bits per heavy atom. The number of carbonyl (C=O) groups excluding carboxylic acids is 2. The van der Waals surface area contributed by atoms with Crippen LogP contribution < -0.4 is 0 Å². The minimum Gasteiger partial charge on any atom is -0.338 e. The molecule has 4 rings (SSSR count). The van der Waals surface area contributed by atoms with Gasteiger partial charge >= 0.3 is 0 Å². The molecule has 2 atom stereocenters. The topological polar surface area (TPSA) is 74.8 Å². The fourth-order valence-corrected chi connectivity index (χ4v) is 6.08. The Balaban J connectivity index is 1.50. The van der Waals surface area contributed by atoms with E-state index in [-0.39, 0.29) is 35.8 Å². The summed E-state index contributed by atoms with van der Waals surface area (Å²) < 4.78 is 23.6. The molecule has 6 nitrogen and oxygen atoms in total. The number of carbonyl (C=O) groups is 2. The number of nitrogens with zero attached hydrogens (tertiary/aromatic N) is 2. The summed E-state index contributed by atoms with van der Waals surface area (Å²) >= 11 is 0. The molecule has 30 heavy (non-hydrogen) atoms. The predicted octanol–water partition coefficient (Wildman–Crippen LogP) is 2.25. The van der Waals surface area contributed by atoms with Crippen LogP contribution in [0, 0.1) is 5.92 Å². The zero-order valence-electron chi connectivity index (χ0n) is 16.8. The van der Waals surface area contributed by atoms with E-state index in [9.17, 15) is 18.0 Å². The van der Waals surface area contributed by atoms with E-state index in [4.69, 9.17) is 0 Å². The molecule has 2 amide bonds. The van der Waals surface area contributed by atoms with Crippen molar-refractivity contribution in [3.8, 4) is 0 Å². The van der Waals surface area contributed by atoms with Crippen LogP contribution >= 0.6 is 0 Å². The third-order valence-electron chi connectivity index (χ3n) is 5.90. The van der Waals surface area contributed by atoms with Gasteiger partial charge in [0.15, 0.2) is 9.84 Å². The Morgan fingerprint density at radius 1 is 0.967 bits per heavy atom. The fourth-order valence-electron chi connectivity index (χ4n) is 4.35. The molecule has 0 unspecified atom stereocenters. The summed E-state index contributed by atoms with van der Waals surface area (Å²) in [5, 5.41) is 0. The molecule has 2 aromatic carbocycles. The van der Waals surface area contributed by atoms with E-state index in [1.54, 1.807) is 9.80 Å². The number of sulfone groups is 1. The molecule has 0 N–H and O–H groups in total. The van der Waals surface area contributed by atoms with Crippen molar-refractivity contribution < 1.29 is 18.0 Å². The molecule has 0 saturated carbocycles. The Bertz CT molecular complexity index is 967. The highest BCUT2D eigenvalue weighted by molar-refractivity contribution is 7.91. The van der Waals surface area contributed by atoms with Crippen molar-refractivity contribution in [1.29, 1.82) is 0 Å². The lowest BCUT2D eigenvalue weighted by atomic mass is 10.1. The van der Waals surface area contributed by atoms with Crippen LogP contribution in [0.5, 0.6) is 0 Å². The number of hydrogen-bond donors (Lipinski definition) is 0. The molecule has 0 spiro atoms. The van der Waals surface area contributed by atoms with E-state index >= 15 is 0 Å². The Morgan fingerprint density at radius 3 is 2.03 bits per heavy atom. The summed E-state index contributed by atoms with van der Waals surface area (Å²) in [7, 11) is -3.08. The highest BCUT2D eigenvalue weighted by Crippen LogP contribution is 2.28. The van der Waals surface area contributed by atoms with Crippen LogP contribution in [-0.4, -0.2) is 54.1 Å². The van der Waals surface area contributed by atoms with Crippen molar-refractivity contribution in [3.05, 3.63) is 71.8 Å². The van der Waals surface area contributed by atoms with Gasteiger partial charge in [-0.1, -0.05) is 60.7 Å². The second kappa shape index (κ2) is 8.60. The van der Waals surface area contributed by atoms with Gasteiger partial charge in [-0.3, -0.25) is 9.59 Å². The van der Waals surface area contributed by atoms with Crippen molar-refractivity contribution in [3.63, 3.8) is 0 Å². The third kappa shape index (κ3) is 4.73. The minimum absolute atomic E-state index is 0.0113. The predicted molar refractivity (Wildman–Crippen MR) is 114 cm³/mol. The van der Waals surface area contributed by atoms with Gasteiger partial charge in [-0.15, -0.1) is 0 Å². The van der Waals surface area contributed by atoms with E-state index in [1.807, 2.05) is 60.7 Å². The zero-order valence-corrected chi connectivity index (χ0v) is 17.6. The number of likely N-dealkylation sites (tertiary alicyclic amines) is 1. The SMILES string of the molecule is O=C([C@H]1CC(=O)N([C@@H]2CCS(=O)(=O)C2)C1)N(Cc1ccccc1)Cc1ccccc1. The lowest BCUT2D eigenvalue weighted by Crippen LogP contribution is -2.40. The lowest BCUT2D eigenvalue weighted by molar-refractivity contribution is -0.137. The maximum atomic E-state index is 13.4. The molecule has 0 aliphatic carbocycles. The van der Waals surface area contributed by atoms with Crippen molar-refractivity contribution >= 4 is 21.7 Å². The monoisotopic (exact) mass is 426 g/mol. The van der Waals surface area contributed by atoms with Gasteiger partial charge in [0.2, 0.25) is 11.8 Å². The van der Waals surface area contributed by atoms with Crippen molar-refractivity contribution in [2.75, 3.05) is 18.1 Å². The zero-order chi connectivity index (χ0) is 21.1. The number of benzene rings is 2. The molecular formula is C23H26N2O4S. The van der Waals surface area contributed by atoms with Crippen LogP contribution in [0.25, 0.3) is 0 Å². The first kappa shape index (κ1) is 20.6. The number of hydrogen-bond acceptors (Lipinski definition) is 4. The highest BCUT2D eigenvalue weighted by atomic mass is 32.2. The summed E-state index contributed by atoms with van der Waals surface area (Å²) in [6.07, 6.45) is 0.613. The third-order valence-corrected chi connectivity index (χ3v) is 7.65. The van der Waals surface area contributed by atoms with Gasteiger partial charge in [0.05, 0.1) is 17.4 Å². The second-order valence-electron chi connectivity index (χ2n) is 8.17. The van der Waals surface area contributed by atoms with Gasteiger partial charge in [0.1, 0.15) is 0 Å². The van der Waals surface area contributed by atoms with E-state index in [0.717, 1.165) is 11.1 Å². The minimum atomic E-state index is -3.08. The summed E-state index contributed by atoms with van der Waals surface area (Å²) in [6.45, 7) is 1.24. The average molecular weight is 427 g/mol. The van der Waals surface area contributed by atoms with Crippen LogP contribution in [0.3, 0.4) is 0 Å².